The van der Waals surface area contributed by atoms with Crippen LogP contribution in [0.25, 0.3) is 29.3 Å². The Balaban J connectivity index is 0.945. The molecule has 10 rings (SSSR count). The Hall–Kier alpha value is -3.46. The molecule has 6 aliphatic carbocycles. The number of hydrogen-bond acceptors (Lipinski definition) is 10. The summed E-state index contributed by atoms with van der Waals surface area (Å²) in [6.07, 6.45) is -2.62. The van der Waals surface area contributed by atoms with Gasteiger partial charge in [-0.25, -0.2) is 27.5 Å². The molecule has 4 aromatic rings. The molecule has 5 saturated carbocycles. The second-order valence-electron chi connectivity index (χ2n) is 15.4. The molecule has 5 fully saturated rings. The minimum absolute atomic E-state index is 0.115. The van der Waals surface area contributed by atoms with Gasteiger partial charge in [0.1, 0.15) is 34.7 Å². The van der Waals surface area contributed by atoms with Crippen molar-refractivity contribution in [1.29, 1.82) is 0 Å². The maximum absolute atomic E-state index is 14.1. The third kappa shape index (κ3) is 5.25. The zero-order valence-corrected chi connectivity index (χ0v) is 31.9. The summed E-state index contributed by atoms with van der Waals surface area (Å²) in [6, 6.07) is 12.0. The van der Waals surface area contributed by atoms with E-state index < -0.39 is 71.5 Å². The molecule has 6 aliphatic rings. The predicted molar refractivity (Wildman–Crippen MR) is 204 cm³/mol. The zero-order chi connectivity index (χ0) is 37.2. The number of rotatable bonds is 4. The molecular formula is C40H32F4N2O4S4. The smallest absolute Gasteiger partial charge is 0.188 e. The van der Waals surface area contributed by atoms with E-state index in [4.69, 9.17) is 0 Å². The Bertz CT molecular complexity index is 2130. The van der Waals surface area contributed by atoms with E-state index >= 15 is 0 Å². The third-order valence-corrected chi connectivity index (χ3v) is 17.3. The van der Waals surface area contributed by atoms with E-state index in [1.807, 2.05) is 12.1 Å². The average Bonchev–Trinajstić information content (AvgIpc) is 4.03. The van der Waals surface area contributed by atoms with Gasteiger partial charge < -0.3 is 0 Å². The fourth-order valence-electron chi connectivity index (χ4n) is 9.72. The lowest BCUT2D eigenvalue weighted by molar-refractivity contribution is -0.123. The SMILES string of the molecule is O=C1C(=Nc2ccc(-c3cc4c(s3)-c3sc(-c5ccc(N=C6C(=O)C7CC(F)C(F)CC7C6=O)s5)cc3C43CCCCC3)s2)C(=O)C2CC(F)C(F)CC12. The van der Waals surface area contributed by atoms with E-state index in [0.29, 0.717) is 10.0 Å². The highest BCUT2D eigenvalue weighted by Gasteiger charge is 2.54. The molecule has 8 unspecified atom stereocenters. The van der Waals surface area contributed by atoms with E-state index in [-0.39, 0.29) is 42.5 Å². The van der Waals surface area contributed by atoms with Crippen LogP contribution in [0.5, 0.6) is 0 Å². The van der Waals surface area contributed by atoms with Gasteiger partial charge in [-0.05, 0) is 86.1 Å². The molecule has 4 heterocycles. The van der Waals surface area contributed by atoms with Gasteiger partial charge in [0.15, 0.2) is 34.6 Å². The number of halogens is 4. The molecule has 0 bridgehead atoms. The molecule has 278 valence electrons. The van der Waals surface area contributed by atoms with Crippen molar-refractivity contribution in [1.82, 2.24) is 0 Å². The van der Waals surface area contributed by atoms with Crippen LogP contribution in [0, 0.1) is 23.7 Å². The van der Waals surface area contributed by atoms with Crippen molar-refractivity contribution >= 4 is 89.9 Å². The van der Waals surface area contributed by atoms with Crippen molar-refractivity contribution in [2.45, 2.75) is 87.9 Å². The van der Waals surface area contributed by atoms with Crippen LogP contribution in [0.3, 0.4) is 0 Å². The highest BCUT2D eigenvalue weighted by molar-refractivity contribution is 7.29. The van der Waals surface area contributed by atoms with E-state index in [9.17, 15) is 36.7 Å². The number of fused-ring (bicyclic) bond motifs is 7. The Kier molecular flexibility index (Phi) is 8.29. The molecule has 0 aliphatic heterocycles. The second kappa shape index (κ2) is 12.8. The first-order valence-corrected chi connectivity index (χ1v) is 21.7. The van der Waals surface area contributed by atoms with Crippen molar-refractivity contribution in [3.63, 3.8) is 0 Å². The van der Waals surface area contributed by atoms with Crippen LogP contribution in [-0.4, -0.2) is 59.2 Å². The quantitative estimate of drug-likeness (QED) is 0.192. The molecule has 1 spiro atoms. The predicted octanol–water partition coefficient (Wildman–Crippen LogP) is 10.4. The number of ketones is 4. The van der Waals surface area contributed by atoms with Crippen LogP contribution in [0.2, 0.25) is 0 Å². The zero-order valence-electron chi connectivity index (χ0n) is 28.6. The average molecular weight is 809 g/mol. The number of thiophene rings is 4. The summed E-state index contributed by atoms with van der Waals surface area (Å²) in [5, 5.41) is 1.01. The summed E-state index contributed by atoms with van der Waals surface area (Å²) < 4.78 is 56.3. The summed E-state index contributed by atoms with van der Waals surface area (Å²) in [4.78, 5) is 67.6. The molecule has 0 radical (unpaired) electrons. The van der Waals surface area contributed by atoms with E-state index in [1.54, 1.807) is 34.8 Å². The first-order chi connectivity index (χ1) is 26.0. The lowest BCUT2D eigenvalue weighted by Crippen LogP contribution is -2.35. The topological polar surface area (TPSA) is 93.0 Å². The number of hydrogen-bond donors (Lipinski definition) is 0. The molecule has 0 saturated heterocycles. The van der Waals surface area contributed by atoms with Crippen LogP contribution in [0.4, 0.5) is 27.6 Å². The van der Waals surface area contributed by atoms with Gasteiger partial charge in [0.2, 0.25) is 0 Å². The number of aliphatic imine (C=N–C) groups is 2. The van der Waals surface area contributed by atoms with E-state index in [1.165, 1.54) is 50.0 Å². The van der Waals surface area contributed by atoms with Crippen LogP contribution in [0.15, 0.2) is 46.4 Å². The fourth-order valence-corrected chi connectivity index (χ4v) is 14.3. The molecule has 14 heteroatoms. The van der Waals surface area contributed by atoms with Gasteiger partial charge in [-0.2, -0.15) is 0 Å². The molecular weight excluding hydrogens is 777 g/mol. The summed E-state index contributed by atoms with van der Waals surface area (Å²) >= 11 is 6.20. The molecule has 8 atom stereocenters. The first-order valence-electron chi connectivity index (χ1n) is 18.4. The van der Waals surface area contributed by atoms with Crippen molar-refractivity contribution in [3.05, 3.63) is 47.5 Å². The summed E-state index contributed by atoms with van der Waals surface area (Å²) in [5.74, 6) is -5.30. The largest absolute Gasteiger partial charge is 0.292 e. The van der Waals surface area contributed by atoms with Crippen molar-refractivity contribution in [2.75, 3.05) is 0 Å². The fraction of sp³-hybridized carbons (Fsp3) is 0.450. The lowest BCUT2D eigenvalue weighted by Gasteiger charge is -2.34. The molecule has 6 nitrogen and oxygen atoms in total. The van der Waals surface area contributed by atoms with Crippen LogP contribution in [0.1, 0.15) is 68.9 Å². The monoisotopic (exact) mass is 808 g/mol. The van der Waals surface area contributed by atoms with Crippen LogP contribution < -0.4 is 0 Å². The summed E-state index contributed by atoms with van der Waals surface area (Å²) in [6.45, 7) is 0. The summed E-state index contributed by atoms with van der Waals surface area (Å²) in [5.41, 5.74) is 2.14. The van der Waals surface area contributed by atoms with Gasteiger partial charge in [-0.1, -0.05) is 19.3 Å². The number of Topliss-reactive ketones (excluding diaryl/α,β-unsaturated/α-hetero) is 4. The minimum Gasteiger partial charge on any atom is -0.292 e. The van der Waals surface area contributed by atoms with Crippen molar-refractivity contribution < 1.29 is 36.7 Å². The van der Waals surface area contributed by atoms with E-state index in [0.717, 1.165) is 45.2 Å². The molecule has 0 amide bonds. The van der Waals surface area contributed by atoms with Gasteiger partial charge >= 0.3 is 0 Å². The second-order valence-corrected chi connectivity index (χ2v) is 19.7. The van der Waals surface area contributed by atoms with Gasteiger partial charge in [-0.15, -0.1) is 45.3 Å². The molecule has 4 aromatic heterocycles. The lowest BCUT2D eigenvalue weighted by atomic mass is 9.68. The molecule has 0 N–H and O–H groups in total. The normalized spacial score (nSPS) is 31.3. The van der Waals surface area contributed by atoms with Gasteiger partial charge in [0.05, 0.1) is 0 Å². The van der Waals surface area contributed by atoms with Crippen molar-refractivity contribution in [2.24, 2.45) is 33.7 Å². The standard InChI is InChI=1S/C40H32F4N2O4S4/c41-22-10-16-17(11-23(22)42)35(48)32(34(16)47)45-30-6-4-26(51-30)28-14-20-38(53-28)39-21(40(20)8-2-1-3-9-40)15-29(54-39)27-5-7-31(52-27)46-33-36(49)18-12-24(43)25(44)13-19(18)37(33)50/h4-7,14-19,22-25H,1-3,8-13H2. The Morgan fingerprint density at radius 3 is 1.24 bits per heavy atom. The third-order valence-electron chi connectivity index (χ3n) is 12.5. The first kappa shape index (κ1) is 35.0. The maximum atomic E-state index is 14.1. The van der Waals surface area contributed by atoms with Crippen LogP contribution >= 0.6 is 45.3 Å². The Morgan fingerprint density at radius 1 is 0.500 bits per heavy atom. The summed E-state index contributed by atoms with van der Waals surface area (Å²) in [7, 11) is 0. The van der Waals surface area contributed by atoms with Gasteiger partial charge in [-0.3, -0.25) is 19.2 Å². The number of alkyl halides is 4. The van der Waals surface area contributed by atoms with Crippen molar-refractivity contribution in [3.8, 4) is 29.3 Å². The Labute approximate surface area is 323 Å². The molecule has 54 heavy (non-hydrogen) atoms. The maximum Gasteiger partial charge on any atom is 0.188 e. The highest BCUT2D eigenvalue weighted by Crippen LogP contribution is 2.63. The minimum atomic E-state index is -1.74. The number of carbonyl (C=O) groups excluding carboxylic acids is 4. The van der Waals surface area contributed by atoms with Crippen LogP contribution in [-0.2, 0) is 24.6 Å². The van der Waals surface area contributed by atoms with Gasteiger partial charge in [0, 0.05) is 58.3 Å². The molecule has 0 aromatic carbocycles. The number of nitrogens with zero attached hydrogens (tertiary/aromatic N) is 2. The van der Waals surface area contributed by atoms with E-state index in [2.05, 4.69) is 22.1 Å². The Morgan fingerprint density at radius 2 is 0.870 bits per heavy atom. The highest BCUT2D eigenvalue weighted by atomic mass is 32.1. The number of carbonyl (C=O) groups is 4. The van der Waals surface area contributed by atoms with Gasteiger partial charge in [0.25, 0.3) is 0 Å².